The molecule has 2 N–H and O–H groups in total. The van der Waals surface area contributed by atoms with Crippen LogP contribution < -0.4 is 5.73 Å². The normalized spacial score (nSPS) is 19.7. The van der Waals surface area contributed by atoms with Crippen LogP contribution >= 0.6 is 0 Å². The summed E-state index contributed by atoms with van der Waals surface area (Å²) >= 11 is 0. The molecule has 2 heterocycles. The Balaban J connectivity index is 2.25. The lowest BCUT2D eigenvalue weighted by atomic mass is 10.1. The van der Waals surface area contributed by atoms with Gasteiger partial charge in [-0.3, -0.25) is 0 Å². The molecule has 1 aliphatic rings. The standard InChI is InChI=1S/C10H15N3O2/c1-2-15-10(14)8-6-13-5-3-4-7(11)9(13)12-8/h6-7H,2-5,11H2,1H3. The van der Waals surface area contributed by atoms with Gasteiger partial charge in [0.25, 0.3) is 0 Å². The molecule has 1 aromatic rings. The largest absolute Gasteiger partial charge is 0.461 e. The fourth-order valence-corrected chi connectivity index (χ4v) is 1.82. The van der Waals surface area contributed by atoms with Gasteiger partial charge in [0.2, 0.25) is 0 Å². The second-order valence-corrected chi connectivity index (χ2v) is 3.65. The van der Waals surface area contributed by atoms with Crippen LogP contribution in [0.5, 0.6) is 0 Å². The molecule has 0 radical (unpaired) electrons. The van der Waals surface area contributed by atoms with Gasteiger partial charge >= 0.3 is 5.97 Å². The number of nitrogens with zero attached hydrogens (tertiary/aromatic N) is 2. The van der Waals surface area contributed by atoms with Gasteiger partial charge in [-0.2, -0.15) is 0 Å². The molecule has 0 fully saturated rings. The summed E-state index contributed by atoms with van der Waals surface area (Å²) in [5.41, 5.74) is 6.26. The summed E-state index contributed by atoms with van der Waals surface area (Å²) in [7, 11) is 0. The van der Waals surface area contributed by atoms with Gasteiger partial charge in [-0.05, 0) is 19.8 Å². The van der Waals surface area contributed by atoms with E-state index in [1.165, 1.54) is 0 Å². The van der Waals surface area contributed by atoms with Crippen molar-refractivity contribution in [3.8, 4) is 0 Å². The number of carbonyl (C=O) groups is 1. The summed E-state index contributed by atoms with van der Waals surface area (Å²) in [6.45, 7) is 3.03. The van der Waals surface area contributed by atoms with Crippen molar-refractivity contribution >= 4 is 5.97 Å². The van der Waals surface area contributed by atoms with E-state index in [-0.39, 0.29) is 12.0 Å². The number of fused-ring (bicyclic) bond motifs is 1. The number of imidazole rings is 1. The molecular formula is C10H15N3O2. The third-order valence-electron chi connectivity index (χ3n) is 2.54. The Kier molecular flexibility index (Phi) is 2.73. The molecule has 0 aliphatic carbocycles. The average molecular weight is 209 g/mol. The van der Waals surface area contributed by atoms with Crippen LogP contribution in [-0.2, 0) is 11.3 Å². The minimum absolute atomic E-state index is 0.0538. The van der Waals surface area contributed by atoms with Crippen LogP contribution in [0.4, 0.5) is 0 Å². The summed E-state index contributed by atoms with van der Waals surface area (Å²) < 4.78 is 6.83. The van der Waals surface area contributed by atoms with Crippen LogP contribution in [0.15, 0.2) is 6.20 Å². The number of hydrogen-bond acceptors (Lipinski definition) is 4. The lowest BCUT2D eigenvalue weighted by molar-refractivity contribution is 0.0520. The molecule has 82 valence electrons. The van der Waals surface area contributed by atoms with Gasteiger partial charge in [0, 0.05) is 12.7 Å². The number of ether oxygens (including phenoxy) is 1. The van der Waals surface area contributed by atoms with Gasteiger partial charge in [-0.25, -0.2) is 9.78 Å². The van der Waals surface area contributed by atoms with Gasteiger partial charge < -0.3 is 15.0 Å². The van der Waals surface area contributed by atoms with Gasteiger partial charge in [0.05, 0.1) is 12.6 Å². The van der Waals surface area contributed by atoms with E-state index < -0.39 is 0 Å². The Morgan fingerprint density at radius 1 is 1.80 bits per heavy atom. The quantitative estimate of drug-likeness (QED) is 0.733. The number of nitrogens with two attached hydrogens (primary N) is 1. The van der Waals surface area contributed by atoms with E-state index in [0.717, 1.165) is 25.2 Å². The molecule has 0 amide bonds. The SMILES string of the molecule is CCOC(=O)c1cn2c(n1)C(N)CCC2. The third kappa shape index (κ3) is 1.87. The molecular weight excluding hydrogens is 194 g/mol. The molecule has 1 unspecified atom stereocenters. The van der Waals surface area contributed by atoms with E-state index in [2.05, 4.69) is 4.98 Å². The number of aryl methyl sites for hydroxylation is 1. The fraction of sp³-hybridized carbons (Fsp3) is 0.600. The van der Waals surface area contributed by atoms with Crippen molar-refractivity contribution in [3.05, 3.63) is 17.7 Å². The van der Waals surface area contributed by atoms with E-state index in [1.807, 2.05) is 4.57 Å². The summed E-state index contributed by atoms with van der Waals surface area (Å²) in [6.07, 6.45) is 3.69. The Hall–Kier alpha value is -1.36. The molecule has 0 saturated heterocycles. The maximum atomic E-state index is 11.4. The van der Waals surface area contributed by atoms with Gasteiger partial charge in [-0.15, -0.1) is 0 Å². The highest BCUT2D eigenvalue weighted by atomic mass is 16.5. The van der Waals surface area contributed by atoms with Crippen LogP contribution in [0, 0.1) is 0 Å². The highest BCUT2D eigenvalue weighted by molar-refractivity contribution is 5.87. The topological polar surface area (TPSA) is 70.1 Å². The number of esters is 1. The zero-order chi connectivity index (χ0) is 10.8. The predicted octanol–water partition coefficient (Wildman–Crippen LogP) is 0.853. The molecule has 2 rings (SSSR count). The summed E-state index contributed by atoms with van der Waals surface area (Å²) in [5, 5.41) is 0. The number of hydrogen-bond donors (Lipinski definition) is 1. The maximum absolute atomic E-state index is 11.4. The van der Waals surface area contributed by atoms with E-state index >= 15 is 0 Å². The molecule has 1 aliphatic heterocycles. The van der Waals surface area contributed by atoms with Crippen molar-refractivity contribution in [1.82, 2.24) is 9.55 Å². The highest BCUT2D eigenvalue weighted by Gasteiger charge is 2.22. The molecule has 0 saturated carbocycles. The van der Waals surface area contributed by atoms with Crippen LogP contribution in [0.2, 0.25) is 0 Å². The number of carbonyl (C=O) groups excluding carboxylic acids is 1. The van der Waals surface area contributed by atoms with Crippen molar-refractivity contribution in [2.45, 2.75) is 32.4 Å². The van der Waals surface area contributed by atoms with Gasteiger partial charge in [0.1, 0.15) is 5.82 Å². The van der Waals surface area contributed by atoms with Crippen molar-refractivity contribution < 1.29 is 9.53 Å². The summed E-state index contributed by atoms with van der Waals surface area (Å²) in [5.74, 6) is 0.427. The fourth-order valence-electron chi connectivity index (χ4n) is 1.82. The summed E-state index contributed by atoms with van der Waals surface area (Å²) in [6, 6.07) is -0.0538. The predicted molar refractivity (Wildman–Crippen MR) is 54.3 cm³/mol. The molecule has 1 atom stereocenters. The van der Waals surface area contributed by atoms with Crippen LogP contribution in [0.25, 0.3) is 0 Å². The second-order valence-electron chi connectivity index (χ2n) is 3.65. The van der Waals surface area contributed by atoms with Crippen molar-refractivity contribution in [3.63, 3.8) is 0 Å². The minimum atomic E-state index is -0.369. The molecule has 5 heteroatoms. The highest BCUT2D eigenvalue weighted by Crippen LogP contribution is 2.22. The van der Waals surface area contributed by atoms with E-state index in [4.69, 9.17) is 10.5 Å². The van der Waals surface area contributed by atoms with Crippen molar-refractivity contribution in [2.24, 2.45) is 5.73 Å². The number of rotatable bonds is 2. The van der Waals surface area contributed by atoms with Crippen LogP contribution in [0.3, 0.4) is 0 Å². The maximum Gasteiger partial charge on any atom is 0.358 e. The lowest BCUT2D eigenvalue weighted by Crippen LogP contribution is -2.21. The van der Waals surface area contributed by atoms with Crippen LogP contribution in [-0.4, -0.2) is 22.1 Å². The Morgan fingerprint density at radius 2 is 2.60 bits per heavy atom. The molecule has 15 heavy (non-hydrogen) atoms. The molecule has 0 aromatic carbocycles. The van der Waals surface area contributed by atoms with E-state index in [9.17, 15) is 4.79 Å². The first-order chi connectivity index (χ1) is 7.22. The zero-order valence-electron chi connectivity index (χ0n) is 8.77. The summed E-state index contributed by atoms with van der Waals surface area (Å²) in [4.78, 5) is 15.6. The van der Waals surface area contributed by atoms with E-state index in [1.54, 1.807) is 13.1 Å². The molecule has 0 bridgehead atoms. The van der Waals surface area contributed by atoms with Gasteiger partial charge in [-0.1, -0.05) is 0 Å². The van der Waals surface area contributed by atoms with Crippen molar-refractivity contribution in [1.29, 1.82) is 0 Å². The zero-order valence-corrected chi connectivity index (χ0v) is 8.77. The van der Waals surface area contributed by atoms with Crippen molar-refractivity contribution in [2.75, 3.05) is 6.61 Å². The Labute approximate surface area is 88.2 Å². The Morgan fingerprint density at radius 3 is 3.27 bits per heavy atom. The lowest BCUT2D eigenvalue weighted by Gasteiger charge is -2.19. The molecule has 5 nitrogen and oxygen atoms in total. The minimum Gasteiger partial charge on any atom is -0.461 e. The third-order valence-corrected chi connectivity index (χ3v) is 2.54. The number of aromatic nitrogens is 2. The smallest absolute Gasteiger partial charge is 0.358 e. The Bertz CT molecular complexity index is 373. The monoisotopic (exact) mass is 209 g/mol. The second kappa shape index (κ2) is 4.02. The van der Waals surface area contributed by atoms with Crippen LogP contribution in [0.1, 0.15) is 42.1 Å². The molecule has 0 spiro atoms. The average Bonchev–Trinajstić information content (AvgIpc) is 2.63. The first-order valence-electron chi connectivity index (χ1n) is 5.22. The van der Waals surface area contributed by atoms with E-state index in [0.29, 0.717) is 12.3 Å². The first kappa shape index (κ1) is 10.2. The molecule has 1 aromatic heterocycles. The first-order valence-corrected chi connectivity index (χ1v) is 5.22. The van der Waals surface area contributed by atoms with Gasteiger partial charge in [0.15, 0.2) is 5.69 Å².